The van der Waals surface area contributed by atoms with Gasteiger partial charge in [-0.1, -0.05) is 66.0 Å². The Morgan fingerprint density at radius 1 is 0.972 bits per heavy atom. The molecule has 2 heterocycles. The zero-order valence-corrected chi connectivity index (χ0v) is 23.3. The van der Waals surface area contributed by atoms with E-state index in [9.17, 15) is 14.0 Å². The number of nitrogens with one attached hydrogen (secondary N) is 1. The molecule has 0 spiro atoms. The number of nitrogens with zero attached hydrogens (tertiary/aromatic N) is 1. The van der Waals surface area contributed by atoms with Crippen molar-refractivity contribution in [3.05, 3.63) is 71.5 Å². The lowest BCUT2D eigenvalue weighted by atomic mass is 9.94. The van der Waals surface area contributed by atoms with Gasteiger partial charge in [0.15, 0.2) is 5.78 Å². The van der Waals surface area contributed by atoms with Crippen LogP contribution in [0.15, 0.2) is 54.6 Å². The molecular formula is C29H42BrFN2O3. The molecule has 7 heteroatoms. The number of ketones is 1. The second-order valence-corrected chi connectivity index (χ2v) is 8.92. The van der Waals surface area contributed by atoms with Crippen LogP contribution in [0.5, 0.6) is 0 Å². The Morgan fingerprint density at radius 3 is 2.00 bits per heavy atom. The van der Waals surface area contributed by atoms with Gasteiger partial charge in [0.1, 0.15) is 5.82 Å². The van der Waals surface area contributed by atoms with Gasteiger partial charge in [0.05, 0.1) is 13.0 Å². The highest BCUT2D eigenvalue weighted by Gasteiger charge is 2.20. The van der Waals surface area contributed by atoms with Crippen LogP contribution in [-0.2, 0) is 11.2 Å². The number of benzene rings is 2. The molecule has 200 valence electrons. The lowest BCUT2D eigenvalue weighted by Gasteiger charge is -2.30. The van der Waals surface area contributed by atoms with Gasteiger partial charge in [-0.25, -0.2) is 4.39 Å². The third kappa shape index (κ3) is 14.5. The van der Waals surface area contributed by atoms with Gasteiger partial charge in [-0.05, 0) is 93.4 Å². The van der Waals surface area contributed by atoms with Gasteiger partial charge in [-0.15, -0.1) is 0 Å². The molecule has 2 aromatic carbocycles. The molecule has 0 radical (unpaired) electrons. The summed E-state index contributed by atoms with van der Waals surface area (Å²) in [5.74, 6) is 1.64. The van der Waals surface area contributed by atoms with Gasteiger partial charge in [0.2, 0.25) is 0 Å². The van der Waals surface area contributed by atoms with E-state index < -0.39 is 5.97 Å². The molecule has 0 atom stereocenters. The third-order valence-corrected chi connectivity index (χ3v) is 6.22. The van der Waals surface area contributed by atoms with Crippen molar-refractivity contribution in [1.82, 2.24) is 10.2 Å². The van der Waals surface area contributed by atoms with E-state index >= 15 is 0 Å². The molecule has 0 unspecified atom stereocenters. The zero-order valence-electron chi connectivity index (χ0n) is 21.7. The average molecular weight is 566 g/mol. The van der Waals surface area contributed by atoms with Crippen molar-refractivity contribution in [2.45, 2.75) is 51.9 Å². The SMILES string of the molecule is C1CCNCC1.CBr.CCC1CCN(CC(=O)c2ccc(F)cc2)CC1.O=C(O)Cc1ccccc1. The van der Waals surface area contributed by atoms with Crippen LogP contribution in [0.2, 0.25) is 0 Å². The second kappa shape index (κ2) is 20.0. The maximum atomic E-state index is 12.8. The fourth-order valence-corrected chi connectivity index (χ4v) is 4.06. The van der Waals surface area contributed by atoms with Gasteiger partial charge in [-0.2, -0.15) is 0 Å². The van der Waals surface area contributed by atoms with Crippen LogP contribution in [0, 0.1) is 11.7 Å². The third-order valence-electron chi connectivity index (χ3n) is 6.22. The van der Waals surface area contributed by atoms with Crippen molar-refractivity contribution < 1.29 is 19.1 Å². The number of carboxylic acids is 1. The molecule has 0 aromatic heterocycles. The number of carbonyl (C=O) groups excluding carboxylic acids is 1. The van der Waals surface area contributed by atoms with Crippen molar-refractivity contribution in [1.29, 1.82) is 0 Å². The number of alkyl halides is 1. The standard InChI is InChI=1S/C15H20FNO.C8H8O2.C5H11N.CH3Br/c1-2-12-7-9-17(10-8-12)11-15(18)13-3-5-14(16)6-4-13;9-8(10)6-7-4-2-1-3-5-7;1-2-4-6-5-3-1;1-2/h3-6,12H,2,7-11H2,1H3;1-5H,6H2,(H,9,10);6H,1-5H2;1H3. The number of carbonyl (C=O) groups is 2. The highest BCUT2D eigenvalue weighted by molar-refractivity contribution is 9.08. The molecule has 0 saturated carbocycles. The normalized spacial score (nSPS) is 15.7. The molecule has 2 aliphatic heterocycles. The lowest BCUT2D eigenvalue weighted by molar-refractivity contribution is -0.136. The molecule has 0 bridgehead atoms. The predicted octanol–water partition coefficient (Wildman–Crippen LogP) is 6.22. The van der Waals surface area contributed by atoms with E-state index in [0.29, 0.717) is 12.1 Å². The maximum Gasteiger partial charge on any atom is 0.307 e. The highest BCUT2D eigenvalue weighted by Crippen LogP contribution is 2.20. The minimum atomic E-state index is -0.786. The quantitative estimate of drug-likeness (QED) is 0.322. The van der Waals surface area contributed by atoms with Gasteiger partial charge in [0, 0.05) is 5.56 Å². The fraction of sp³-hybridized carbons (Fsp3) is 0.517. The summed E-state index contributed by atoms with van der Waals surface area (Å²) in [4.78, 5) is 24.4. The van der Waals surface area contributed by atoms with E-state index in [1.807, 2.05) is 24.0 Å². The van der Waals surface area contributed by atoms with Gasteiger partial charge < -0.3 is 10.4 Å². The monoisotopic (exact) mass is 564 g/mol. The minimum Gasteiger partial charge on any atom is -0.481 e. The zero-order chi connectivity index (χ0) is 26.6. The first-order valence-corrected chi connectivity index (χ1v) is 14.4. The summed E-state index contributed by atoms with van der Waals surface area (Å²) in [6.45, 7) is 7.20. The fourth-order valence-electron chi connectivity index (χ4n) is 4.06. The molecule has 2 saturated heterocycles. The first-order valence-electron chi connectivity index (χ1n) is 12.8. The van der Waals surface area contributed by atoms with Crippen LogP contribution >= 0.6 is 15.9 Å². The van der Waals surface area contributed by atoms with E-state index in [-0.39, 0.29) is 18.0 Å². The van der Waals surface area contributed by atoms with Gasteiger partial charge in [0.25, 0.3) is 0 Å². The summed E-state index contributed by atoms with van der Waals surface area (Å²) in [5, 5.41) is 11.7. The van der Waals surface area contributed by atoms with Crippen LogP contribution < -0.4 is 5.32 Å². The van der Waals surface area contributed by atoms with Crippen molar-refractivity contribution in [2.24, 2.45) is 5.92 Å². The summed E-state index contributed by atoms with van der Waals surface area (Å²) in [6, 6.07) is 14.9. The van der Waals surface area contributed by atoms with E-state index in [4.69, 9.17) is 5.11 Å². The predicted molar refractivity (Wildman–Crippen MR) is 150 cm³/mol. The number of rotatable bonds is 6. The van der Waals surface area contributed by atoms with E-state index in [1.165, 1.54) is 63.7 Å². The summed E-state index contributed by atoms with van der Waals surface area (Å²) in [6.07, 6.45) is 7.94. The van der Waals surface area contributed by atoms with Crippen LogP contribution in [0.4, 0.5) is 4.39 Å². The van der Waals surface area contributed by atoms with Crippen molar-refractivity contribution in [3.8, 4) is 0 Å². The minimum absolute atomic E-state index is 0.0879. The summed E-state index contributed by atoms with van der Waals surface area (Å²) >= 11 is 2.94. The number of halogens is 2. The number of aliphatic carboxylic acids is 1. The van der Waals surface area contributed by atoms with Gasteiger partial charge >= 0.3 is 5.97 Å². The number of likely N-dealkylation sites (tertiary alicyclic amines) is 1. The number of hydrogen-bond acceptors (Lipinski definition) is 4. The Kier molecular flexibility index (Phi) is 17.8. The molecule has 5 nitrogen and oxygen atoms in total. The van der Waals surface area contributed by atoms with Gasteiger partial charge in [-0.3, -0.25) is 14.5 Å². The molecule has 2 N–H and O–H groups in total. The Morgan fingerprint density at radius 2 is 1.56 bits per heavy atom. The maximum absolute atomic E-state index is 12.8. The molecular weight excluding hydrogens is 523 g/mol. The molecule has 0 aliphatic carbocycles. The molecule has 2 aliphatic rings. The van der Waals surface area contributed by atoms with Crippen LogP contribution in [0.25, 0.3) is 0 Å². The summed E-state index contributed by atoms with van der Waals surface area (Å²) in [7, 11) is 0. The topological polar surface area (TPSA) is 69.6 Å². The summed E-state index contributed by atoms with van der Waals surface area (Å²) in [5.41, 5.74) is 1.45. The average Bonchev–Trinajstić information content (AvgIpc) is 2.92. The Hall–Kier alpha value is -2.09. The number of Topliss-reactive ketones (excluding diaryl/α,β-unsaturated/α-hetero) is 1. The van der Waals surface area contributed by atoms with Crippen molar-refractivity contribution in [3.63, 3.8) is 0 Å². The van der Waals surface area contributed by atoms with E-state index in [1.54, 1.807) is 24.3 Å². The van der Waals surface area contributed by atoms with E-state index in [0.717, 1.165) is 24.6 Å². The van der Waals surface area contributed by atoms with E-state index in [2.05, 4.69) is 33.1 Å². The number of piperidine rings is 2. The second-order valence-electron chi connectivity index (χ2n) is 8.92. The van der Waals surface area contributed by atoms with Crippen molar-refractivity contribution >= 4 is 27.7 Å². The smallest absolute Gasteiger partial charge is 0.307 e. The first kappa shape index (κ1) is 31.9. The first-order chi connectivity index (χ1) is 17.5. The molecule has 36 heavy (non-hydrogen) atoms. The Balaban J connectivity index is 0.000000301. The Bertz CT molecular complexity index is 826. The molecule has 4 rings (SSSR count). The highest BCUT2D eigenvalue weighted by atomic mass is 79.9. The molecule has 2 aromatic rings. The summed E-state index contributed by atoms with van der Waals surface area (Å²) < 4.78 is 12.8. The number of carboxylic acid groups (broad SMARTS) is 1. The lowest BCUT2D eigenvalue weighted by Crippen LogP contribution is -2.37. The van der Waals surface area contributed by atoms with Crippen molar-refractivity contribution in [2.75, 3.05) is 38.6 Å². The molecule has 2 fully saturated rings. The van der Waals surface area contributed by atoms with Crippen LogP contribution in [0.3, 0.4) is 0 Å². The van der Waals surface area contributed by atoms with Crippen LogP contribution in [0.1, 0.15) is 61.4 Å². The van der Waals surface area contributed by atoms with Crippen LogP contribution in [-0.4, -0.2) is 60.3 Å². The largest absolute Gasteiger partial charge is 0.481 e. The number of hydrogen-bond donors (Lipinski definition) is 2. The Labute approximate surface area is 224 Å². The molecule has 0 amide bonds.